The van der Waals surface area contributed by atoms with Crippen LogP contribution in [0.2, 0.25) is 5.02 Å². The Labute approximate surface area is 172 Å². The molecule has 1 aliphatic carbocycles. The largest absolute Gasteiger partial charge is 0.302 e. The summed E-state index contributed by atoms with van der Waals surface area (Å²) in [5.74, 6) is -0.323. The number of hydrogen-bond donors (Lipinski definition) is 1. The summed E-state index contributed by atoms with van der Waals surface area (Å²) in [6.45, 7) is 0. The van der Waals surface area contributed by atoms with Crippen LogP contribution in [0.4, 0.5) is 5.13 Å². The fourth-order valence-corrected chi connectivity index (χ4v) is 5.63. The fourth-order valence-electron chi connectivity index (χ4n) is 3.18. The van der Waals surface area contributed by atoms with Crippen LogP contribution in [0.5, 0.6) is 0 Å². The van der Waals surface area contributed by atoms with E-state index in [1.54, 1.807) is 12.1 Å². The summed E-state index contributed by atoms with van der Waals surface area (Å²) in [7, 11) is -3.43. The van der Waals surface area contributed by atoms with E-state index >= 15 is 0 Å². The Morgan fingerprint density at radius 1 is 1.14 bits per heavy atom. The second-order valence-electron chi connectivity index (χ2n) is 6.55. The van der Waals surface area contributed by atoms with Crippen LogP contribution >= 0.6 is 22.9 Å². The van der Waals surface area contributed by atoms with Crippen molar-refractivity contribution < 1.29 is 13.2 Å². The standard InChI is InChI=1S/C20H17ClN2O3S2/c21-14-7-9-15(10-8-14)28(25,26)11-3-6-18(24)22-20-23-19-16-5-2-1-4-13(16)12-17(19)27-20/h1-2,4-5,7-10H,3,6,11-12H2,(H,22,23,24). The Hall–Kier alpha value is -2.22. The number of nitrogens with zero attached hydrogens (tertiary/aromatic N) is 1. The second kappa shape index (κ2) is 7.66. The third-order valence-electron chi connectivity index (χ3n) is 4.56. The Kier molecular flexibility index (Phi) is 5.23. The predicted octanol–water partition coefficient (Wildman–Crippen LogP) is 4.56. The average molecular weight is 433 g/mol. The minimum Gasteiger partial charge on any atom is -0.302 e. The zero-order chi connectivity index (χ0) is 19.7. The number of sulfone groups is 1. The van der Waals surface area contributed by atoms with Crippen LogP contribution in [0.1, 0.15) is 23.3 Å². The van der Waals surface area contributed by atoms with Gasteiger partial charge < -0.3 is 5.32 Å². The van der Waals surface area contributed by atoms with Gasteiger partial charge in [-0.1, -0.05) is 35.9 Å². The van der Waals surface area contributed by atoms with E-state index in [0.29, 0.717) is 10.2 Å². The molecule has 4 rings (SSSR count). The number of halogens is 1. The van der Waals surface area contributed by atoms with Gasteiger partial charge in [-0.25, -0.2) is 13.4 Å². The molecule has 1 N–H and O–H groups in total. The van der Waals surface area contributed by atoms with E-state index in [1.807, 2.05) is 18.2 Å². The molecular weight excluding hydrogens is 416 g/mol. The highest BCUT2D eigenvalue weighted by atomic mass is 35.5. The van der Waals surface area contributed by atoms with Crippen molar-refractivity contribution in [1.82, 2.24) is 4.98 Å². The highest BCUT2D eigenvalue weighted by Gasteiger charge is 2.23. The molecule has 8 heteroatoms. The van der Waals surface area contributed by atoms with Gasteiger partial charge in [0, 0.05) is 28.3 Å². The van der Waals surface area contributed by atoms with Gasteiger partial charge in [0.05, 0.1) is 16.3 Å². The van der Waals surface area contributed by atoms with Crippen molar-refractivity contribution in [3.8, 4) is 11.3 Å². The molecule has 0 aliphatic heterocycles. The van der Waals surface area contributed by atoms with Gasteiger partial charge in [-0.05, 0) is 36.2 Å². The lowest BCUT2D eigenvalue weighted by molar-refractivity contribution is -0.116. The molecule has 0 bridgehead atoms. The number of benzene rings is 2. The quantitative estimate of drug-likeness (QED) is 0.484. The molecule has 28 heavy (non-hydrogen) atoms. The van der Waals surface area contributed by atoms with E-state index in [9.17, 15) is 13.2 Å². The number of anilines is 1. The Balaban J connectivity index is 1.33. The zero-order valence-electron chi connectivity index (χ0n) is 14.8. The van der Waals surface area contributed by atoms with Crippen LogP contribution in [0.15, 0.2) is 53.4 Å². The fraction of sp³-hybridized carbons (Fsp3) is 0.200. The third-order valence-corrected chi connectivity index (χ3v) is 7.60. The molecule has 0 fully saturated rings. The van der Waals surface area contributed by atoms with E-state index in [0.717, 1.165) is 22.6 Å². The summed E-state index contributed by atoms with van der Waals surface area (Å²) < 4.78 is 24.6. The third kappa shape index (κ3) is 3.97. The Bertz CT molecular complexity index is 1140. The van der Waals surface area contributed by atoms with Crippen LogP contribution < -0.4 is 5.32 Å². The van der Waals surface area contributed by atoms with E-state index < -0.39 is 9.84 Å². The maximum atomic E-state index is 12.3. The first kappa shape index (κ1) is 19.1. The molecule has 3 aromatic rings. The van der Waals surface area contributed by atoms with Crippen molar-refractivity contribution in [2.75, 3.05) is 11.1 Å². The number of carbonyl (C=O) groups excluding carboxylic acids is 1. The van der Waals surface area contributed by atoms with Gasteiger partial charge in [-0.3, -0.25) is 4.79 Å². The van der Waals surface area contributed by atoms with Gasteiger partial charge in [0.15, 0.2) is 15.0 Å². The maximum Gasteiger partial charge on any atom is 0.226 e. The van der Waals surface area contributed by atoms with Crippen molar-refractivity contribution in [1.29, 1.82) is 0 Å². The number of thiazole rings is 1. The van der Waals surface area contributed by atoms with Crippen molar-refractivity contribution >= 4 is 43.8 Å². The average Bonchev–Trinajstić information content (AvgIpc) is 3.19. The Morgan fingerprint density at radius 3 is 2.68 bits per heavy atom. The smallest absolute Gasteiger partial charge is 0.226 e. The monoisotopic (exact) mass is 432 g/mol. The molecular formula is C20H17ClN2O3S2. The number of rotatable bonds is 6. The molecule has 2 aromatic carbocycles. The minimum atomic E-state index is -3.43. The van der Waals surface area contributed by atoms with Gasteiger partial charge in [0.1, 0.15) is 0 Å². The van der Waals surface area contributed by atoms with Gasteiger partial charge in [-0.15, -0.1) is 11.3 Å². The normalized spacial score (nSPS) is 12.5. The topological polar surface area (TPSA) is 76.1 Å². The number of fused-ring (bicyclic) bond motifs is 3. The van der Waals surface area contributed by atoms with Crippen molar-refractivity contribution in [2.45, 2.75) is 24.2 Å². The molecule has 0 unspecified atom stereocenters. The molecule has 0 atom stereocenters. The highest BCUT2D eigenvalue weighted by molar-refractivity contribution is 7.91. The number of carbonyl (C=O) groups is 1. The van der Waals surface area contributed by atoms with E-state index in [4.69, 9.17) is 11.6 Å². The van der Waals surface area contributed by atoms with Gasteiger partial charge in [0.25, 0.3) is 0 Å². The summed E-state index contributed by atoms with van der Waals surface area (Å²) in [5.41, 5.74) is 3.30. The lowest BCUT2D eigenvalue weighted by Crippen LogP contribution is -2.14. The van der Waals surface area contributed by atoms with Crippen LogP contribution in [0, 0.1) is 0 Å². The van der Waals surface area contributed by atoms with E-state index in [-0.39, 0.29) is 29.4 Å². The SMILES string of the molecule is O=C(CCCS(=O)(=O)c1ccc(Cl)cc1)Nc1nc2c(s1)Cc1ccccc1-2. The van der Waals surface area contributed by atoms with Gasteiger partial charge in [0.2, 0.25) is 5.91 Å². The first-order valence-electron chi connectivity index (χ1n) is 8.78. The molecule has 0 saturated heterocycles. The molecule has 1 amide bonds. The molecule has 144 valence electrons. The van der Waals surface area contributed by atoms with Crippen LogP contribution in [-0.2, 0) is 21.1 Å². The second-order valence-corrected chi connectivity index (χ2v) is 10.2. The van der Waals surface area contributed by atoms with Crippen LogP contribution in [0.3, 0.4) is 0 Å². The van der Waals surface area contributed by atoms with Crippen molar-refractivity contribution in [3.05, 3.63) is 64.0 Å². The summed E-state index contributed by atoms with van der Waals surface area (Å²) in [6.07, 6.45) is 1.19. The van der Waals surface area contributed by atoms with Crippen molar-refractivity contribution in [3.63, 3.8) is 0 Å². The van der Waals surface area contributed by atoms with Gasteiger partial charge >= 0.3 is 0 Å². The summed E-state index contributed by atoms with van der Waals surface area (Å²) in [6, 6.07) is 14.2. The summed E-state index contributed by atoms with van der Waals surface area (Å²) in [5, 5.41) is 3.83. The minimum absolute atomic E-state index is 0.0935. The van der Waals surface area contributed by atoms with Gasteiger partial charge in [-0.2, -0.15) is 0 Å². The molecule has 0 radical (unpaired) electrons. The molecule has 1 aliphatic rings. The first-order chi connectivity index (χ1) is 13.4. The van der Waals surface area contributed by atoms with E-state index in [2.05, 4.69) is 16.4 Å². The maximum absolute atomic E-state index is 12.3. The number of hydrogen-bond acceptors (Lipinski definition) is 5. The summed E-state index contributed by atoms with van der Waals surface area (Å²) >= 11 is 7.26. The van der Waals surface area contributed by atoms with Crippen molar-refractivity contribution in [2.24, 2.45) is 0 Å². The molecule has 0 spiro atoms. The van der Waals surface area contributed by atoms with Crippen LogP contribution in [0.25, 0.3) is 11.3 Å². The lowest BCUT2D eigenvalue weighted by atomic mass is 10.1. The molecule has 1 aromatic heterocycles. The molecule has 1 heterocycles. The number of aromatic nitrogens is 1. The molecule has 5 nitrogen and oxygen atoms in total. The summed E-state index contributed by atoms with van der Waals surface area (Å²) in [4.78, 5) is 18.1. The van der Waals surface area contributed by atoms with E-state index in [1.165, 1.54) is 29.0 Å². The van der Waals surface area contributed by atoms with Crippen LogP contribution in [-0.4, -0.2) is 25.1 Å². The number of nitrogens with one attached hydrogen (secondary N) is 1. The zero-order valence-corrected chi connectivity index (χ0v) is 17.2. The first-order valence-corrected chi connectivity index (χ1v) is 11.6. The predicted molar refractivity (Wildman–Crippen MR) is 112 cm³/mol. The number of amides is 1. The Morgan fingerprint density at radius 2 is 1.89 bits per heavy atom. The molecule has 0 saturated carbocycles. The highest BCUT2D eigenvalue weighted by Crippen LogP contribution is 2.40. The lowest BCUT2D eigenvalue weighted by Gasteiger charge is -2.05.